The number of hydrogen-bond donors (Lipinski definition) is 0. The first-order chi connectivity index (χ1) is 4.45. The molecule has 9 heavy (non-hydrogen) atoms. The molecule has 0 saturated carbocycles. The van der Waals surface area contributed by atoms with Crippen LogP contribution < -0.4 is 0 Å². The van der Waals surface area contributed by atoms with Gasteiger partial charge in [0.05, 0.1) is 19.3 Å². The Morgan fingerprint density at radius 2 is 2.22 bits per heavy atom. The molecule has 0 aromatic carbocycles. The van der Waals surface area contributed by atoms with E-state index >= 15 is 0 Å². The predicted molar refractivity (Wildman–Crippen MR) is 29.8 cm³/mol. The first kappa shape index (κ1) is 5.65. The van der Waals surface area contributed by atoms with Crippen LogP contribution in [0.4, 0.5) is 0 Å². The quantitative estimate of drug-likeness (QED) is 0.477. The summed E-state index contributed by atoms with van der Waals surface area (Å²) in [5.74, 6) is 0. The average molecular weight is 130 g/mol. The van der Waals surface area contributed by atoms with E-state index in [9.17, 15) is 0 Å². The van der Waals surface area contributed by atoms with E-state index < -0.39 is 0 Å². The molecule has 0 aliphatic carbocycles. The van der Waals surface area contributed by atoms with Crippen molar-refractivity contribution >= 4 is 0 Å². The van der Waals surface area contributed by atoms with Crippen LogP contribution in [0.15, 0.2) is 0 Å². The zero-order chi connectivity index (χ0) is 6.10. The average Bonchev–Trinajstić information content (AvgIpc) is 2.09. The number of rotatable bonds is 0. The van der Waals surface area contributed by atoms with Crippen molar-refractivity contribution in [1.29, 1.82) is 0 Å². The van der Waals surface area contributed by atoms with Gasteiger partial charge < -0.3 is 14.2 Å². The molecule has 52 valence electrons. The minimum Gasteiger partial charge on any atom is -0.330 e. The van der Waals surface area contributed by atoms with Gasteiger partial charge in [-0.3, -0.25) is 0 Å². The summed E-state index contributed by atoms with van der Waals surface area (Å²) in [5.41, 5.74) is 0. The molecule has 2 heterocycles. The second kappa shape index (κ2) is 2.25. The van der Waals surface area contributed by atoms with E-state index in [-0.39, 0.29) is 6.48 Å². The molecule has 0 spiro atoms. The molecule has 2 aliphatic heterocycles. The zero-order valence-electron chi connectivity index (χ0n) is 5.21. The molecule has 0 N–H and O–H groups in total. The molecule has 2 aliphatic rings. The summed E-state index contributed by atoms with van der Waals surface area (Å²) in [4.78, 5) is 0. The number of fused-ring (bicyclic) bond motifs is 2. The van der Waals surface area contributed by atoms with Crippen LogP contribution in [-0.2, 0) is 14.2 Å². The van der Waals surface area contributed by atoms with Crippen LogP contribution in [0.2, 0.25) is 0 Å². The second-order valence-electron chi connectivity index (χ2n) is 2.39. The Hall–Kier alpha value is -0.120. The molecule has 3 nitrogen and oxygen atoms in total. The maximum atomic E-state index is 5.28. The lowest BCUT2D eigenvalue weighted by Gasteiger charge is -2.06. The van der Waals surface area contributed by atoms with Gasteiger partial charge in [0.1, 0.15) is 0 Å². The van der Waals surface area contributed by atoms with Gasteiger partial charge in [0, 0.05) is 0 Å². The minimum atomic E-state index is -0.350. The molecule has 0 amide bonds. The maximum Gasteiger partial charge on any atom is 0.272 e. The van der Waals surface area contributed by atoms with E-state index in [1.807, 2.05) is 0 Å². The Morgan fingerprint density at radius 1 is 1.22 bits per heavy atom. The highest BCUT2D eigenvalue weighted by Gasteiger charge is 2.28. The van der Waals surface area contributed by atoms with E-state index in [4.69, 9.17) is 14.2 Å². The lowest BCUT2D eigenvalue weighted by Crippen LogP contribution is -2.11. The Kier molecular flexibility index (Phi) is 1.41. The van der Waals surface area contributed by atoms with Gasteiger partial charge in [-0.1, -0.05) is 0 Å². The van der Waals surface area contributed by atoms with E-state index in [1.54, 1.807) is 0 Å². The summed E-state index contributed by atoms with van der Waals surface area (Å²) in [7, 11) is 0. The lowest BCUT2D eigenvalue weighted by molar-refractivity contribution is -0.228. The van der Waals surface area contributed by atoms with Gasteiger partial charge in [-0.15, -0.1) is 0 Å². The Bertz CT molecular complexity index is 92.5. The highest BCUT2D eigenvalue weighted by molar-refractivity contribution is 4.64. The molecule has 2 saturated heterocycles. The van der Waals surface area contributed by atoms with Gasteiger partial charge in [-0.05, 0) is 12.8 Å². The fourth-order valence-corrected chi connectivity index (χ4v) is 1.15. The summed E-state index contributed by atoms with van der Waals surface area (Å²) >= 11 is 0. The van der Waals surface area contributed by atoms with Gasteiger partial charge in [0.2, 0.25) is 0 Å². The van der Waals surface area contributed by atoms with Crippen molar-refractivity contribution in [1.82, 2.24) is 0 Å². The number of hydrogen-bond acceptors (Lipinski definition) is 3. The van der Waals surface area contributed by atoms with Crippen molar-refractivity contribution in [2.24, 2.45) is 0 Å². The third kappa shape index (κ3) is 1.08. The van der Waals surface area contributed by atoms with E-state index in [0.29, 0.717) is 12.7 Å². The van der Waals surface area contributed by atoms with Crippen LogP contribution in [0.3, 0.4) is 0 Å². The molecular formula is C6H10O3. The van der Waals surface area contributed by atoms with Crippen LogP contribution in [0.5, 0.6) is 0 Å². The summed E-state index contributed by atoms with van der Waals surface area (Å²) in [6, 6.07) is 0. The van der Waals surface area contributed by atoms with Crippen LogP contribution in [-0.4, -0.2) is 25.8 Å². The molecule has 3 heteroatoms. The third-order valence-corrected chi connectivity index (χ3v) is 1.65. The van der Waals surface area contributed by atoms with Gasteiger partial charge in [-0.25, -0.2) is 0 Å². The topological polar surface area (TPSA) is 27.7 Å². The normalized spacial score (nSPS) is 42.7. The fourth-order valence-electron chi connectivity index (χ4n) is 1.15. The predicted octanol–water partition coefficient (Wildman–Crippen LogP) is 0.496. The monoisotopic (exact) mass is 130 g/mol. The molecule has 2 atom stereocenters. The summed E-state index contributed by atoms with van der Waals surface area (Å²) in [5, 5.41) is 0. The molecule has 0 aromatic rings. The van der Waals surface area contributed by atoms with Crippen molar-refractivity contribution in [2.45, 2.75) is 25.4 Å². The van der Waals surface area contributed by atoms with Crippen molar-refractivity contribution in [3.63, 3.8) is 0 Å². The first-order valence-corrected chi connectivity index (χ1v) is 3.34. The Morgan fingerprint density at radius 3 is 3.22 bits per heavy atom. The van der Waals surface area contributed by atoms with Crippen LogP contribution in [0.25, 0.3) is 0 Å². The van der Waals surface area contributed by atoms with E-state index in [1.165, 1.54) is 0 Å². The Labute approximate surface area is 53.9 Å². The largest absolute Gasteiger partial charge is 0.330 e. The van der Waals surface area contributed by atoms with E-state index in [2.05, 4.69) is 0 Å². The summed E-state index contributed by atoms with van der Waals surface area (Å²) in [6.45, 7) is 1.14. The maximum absolute atomic E-state index is 5.28. The van der Waals surface area contributed by atoms with Gasteiger partial charge >= 0.3 is 0 Å². The molecule has 2 bridgehead atoms. The van der Waals surface area contributed by atoms with E-state index in [0.717, 1.165) is 19.4 Å². The lowest BCUT2D eigenvalue weighted by atomic mass is 10.2. The summed E-state index contributed by atoms with van der Waals surface area (Å²) in [6.07, 6.45) is 2.48. The molecule has 2 unspecified atom stereocenters. The highest BCUT2D eigenvalue weighted by atomic mass is 16.9. The highest BCUT2D eigenvalue weighted by Crippen LogP contribution is 2.20. The van der Waals surface area contributed by atoms with Crippen molar-refractivity contribution in [3.05, 3.63) is 0 Å². The van der Waals surface area contributed by atoms with Crippen molar-refractivity contribution in [3.8, 4) is 0 Å². The van der Waals surface area contributed by atoms with Gasteiger partial charge in [0.15, 0.2) is 0 Å². The standard InChI is InChI=1S/C6H10O3/c1-2-5-4-8-6(9-5)7-3-1/h5-6H,1-4H2. The Balaban J connectivity index is 1.99. The van der Waals surface area contributed by atoms with Gasteiger partial charge in [0.25, 0.3) is 6.48 Å². The summed E-state index contributed by atoms with van der Waals surface area (Å²) < 4.78 is 15.5. The zero-order valence-corrected chi connectivity index (χ0v) is 5.21. The molecule has 0 aromatic heterocycles. The fraction of sp³-hybridized carbons (Fsp3) is 1.00. The smallest absolute Gasteiger partial charge is 0.272 e. The van der Waals surface area contributed by atoms with Gasteiger partial charge in [-0.2, -0.15) is 0 Å². The second-order valence-corrected chi connectivity index (χ2v) is 2.39. The van der Waals surface area contributed by atoms with Crippen LogP contribution in [0, 0.1) is 0 Å². The van der Waals surface area contributed by atoms with Crippen molar-refractivity contribution in [2.75, 3.05) is 13.2 Å². The molecule has 2 fully saturated rings. The molecule has 0 radical (unpaired) electrons. The first-order valence-electron chi connectivity index (χ1n) is 3.34. The molecule has 2 rings (SSSR count). The number of ether oxygens (including phenoxy) is 3. The van der Waals surface area contributed by atoms with Crippen molar-refractivity contribution < 1.29 is 14.2 Å². The minimum absolute atomic E-state index is 0.303. The van der Waals surface area contributed by atoms with Crippen LogP contribution in [0.1, 0.15) is 12.8 Å². The third-order valence-electron chi connectivity index (χ3n) is 1.65. The van der Waals surface area contributed by atoms with Crippen LogP contribution >= 0.6 is 0 Å². The molecular weight excluding hydrogens is 120 g/mol. The SMILES string of the molecule is C1COC2OCC(C1)O2.